The van der Waals surface area contributed by atoms with Crippen molar-refractivity contribution in [2.45, 2.75) is 30.5 Å². The van der Waals surface area contributed by atoms with Gasteiger partial charge in [-0.05, 0) is 6.42 Å². The van der Waals surface area contributed by atoms with Crippen LogP contribution in [0.15, 0.2) is 18.2 Å². The van der Waals surface area contributed by atoms with Gasteiger partial charge in [-0.25, -0.2) is 4.58 Å². The van der Waals surface area contributed by atoms with E-state index in [2.05, 4.69) is 16.9 Å². The first-order chi connectivity index (χ1) is 10.5. The third-order valence-corrected chi connectivity index (χ3v) is 5.12. The molecule has 0 amide bonds. The van der Waals surface area contributed by atoms with Crippen LogP contribution in [0.2, 0.25) is 0 Å². The number of benzene rings is 1. The van der Waals surface area contributed by atoms with Crippen LogP contribution in [-0.2, 0) is 5.41 Å². The van der Waals surface area contributed by atoms with E-state index in [1.165, 1.54) is 0 Å². The molecule has 5 nitrogen and oxygen atoms in total. The van der Waals surface area contributed by atoms with Crippen LogP contribution in [0.4, 0.5) is 5.69 Å². The zero-order valence-electron chi connectivity index (χ0n) is 13.2. The first kappa shape index (κ1) is 16.3. The number of methoxy groups -OCH3 is 1. The molecule has 1 aromatic rings. The van der Waals surface area contributed by atoms with E-state index in [4.69, 9.17) is 15.2 Å². The minimum atomic E-state index is -0.707. The monoisotopic (exact) mass is 380 g/mol. The van der Waals surface area contributed by atoms with E-state index < -0.39 is 6.10 Å². The van der Waals surface area contributed by atoms with Crippen molar-refractivity contribution in [3.63, 3.8) is 0 Å². The number of hydrogen-bond donors (Lipinski definition) is 1. The van der Waals surface area contributed by atoms with E-state index in [1.54, 1.807) is 13.2 Å². The Balaban J connectivity index is 0.00000156. The van der Waals surface area contributed by atoms with Gasteiger partial charge in [0, 0.05) is 23.7 Å². The van der Waals surface area contributed by atoms with Gasteiger partial charge < -0.3 is 20.3 Å². The van der Waals surface area contributed by atoms with Crippen molar-refractivity contribution in [2.24, 2.45) is 0 Å². The summed E-state index contributed by atoms with van der Waals surface area (Å²) in [6.07, 6.45) is 6.45. The molecule has 6 heteroatoms. The highest BCUT2D eigenvalue weighted by atomic mass is 79.9. The number of hydrogen-bond acceptors (Lipinski definition) is 4. The second kappa shape index (κ2) is 5.53. The van der Waals surface area contributed by atoms with Crippen molar-refractivity contribution < 1.29 is 19.2 Å². The Bertz CT molecular complexity index is 716. The van der Waals surface area contributed by atoms with Crippen LogP contribution in [0.25, 0.3) is 0 Å². The van der Waals surface area contributed by atoms with Gasteiger partial charge in [-0.15, -0.1) is 29.2 Å². The maximum Gasteiger partial charge on any atom is 0.173 e. The number of ether oxygens (including phenoxy) is 2. The molecule has 1 aliphatic carbocycles. The van der Waals surface area contributed by atoms with E-state index in [1.807, 2.05) is 13.1 Å². The second-order valence-electron chi connectivity index (χ2n) is 6.43. The molecule has 2 aliphatic heterocycles. The molecule has 0 saturated carbocycles. The van der Waals surface area contributed by atoms with Crippen molar-refractivity contribution in [1.82, 2.24) is 0 Å². The Morgan fingerprint density at radius 2 is 2.26 bits per heavy atom. The molecule has 1 spiro atoms. The average Bonchev–Trinajstić information content (AvgIpc) is 2.74. The summed E-state index contributed by atoms with van der Waals surface area (Å²) in [7, 11) is 3.67. The molecule has 23 heavy (non-hydrogen) atoms. The summed E-state index contributed by atoms with van der Waals surface area (Å²) < 4.78 is 13.8. The molecule has 1 aromatic carbocycles. The average molecular weight is 381 g/mol. The normalized spacial score (nSPS) is 30.3. The lowest BCUT2D eigenvalue weighted by molar-refractivity contribution is -0.493. The highest BCUT2D eigenvalue weighted by Crippen LogP contribution is 2.55. The summed E-state index contributed by atoms with van der Waals surface area (Å²) in [6.45, 7) is 0.892. The number of halogens is 1. The van der Waals surface area contributed by atoms with Gasteiger partial charge in [0.1, 0.15) is 19.7 Å². The standard InChI is InChI=1S/C17H19N2O3.BrH/c1-19-6-5-17-4-3-10(20)7-14(17)22-16-13(21-2)8-12(18)11(9-19)15(16)17;/h3-4,8-10,14,18H,5-7H2,1-2H3;1H/q-1;/p+1/t10-,14+,17+;/m1./s1. The van der Waals surface area contributed by atoms with E-state index in [9.17, 15) is 5.11 Å². The minimum Gasteiger partial charge on any atom is -0.849 e. The number of nitrogens with zero attached hydrogens (tertiary/aromatic N) is 1. The van der Waals surface area contributed by atoms with Gasteiger partial charge >= 0.3 is 0 Å². The number of rotatable bonds is 1. The highest BCUT2D eigenvalue weighted by molar-refractivity contribution is 8.93. The maximum absolute atomic E-state index is 11.9. The fraction of sp³-hybridized carbons (Fsp3) is 0.471. The van der Waals surface area contributed by atoms with Gasteiger partial charge in [-0.3, -0.25) is 0 Å². The molecule has 2 N–H and O–H groups in total. The van der Waals surface area contributed by atoms with E-state index in [-0.39, 0.29) is 28.5 Å². The molecule has 0 bridgehead atoms. The SMILES string of the molecule is Br.COc1cc(N)c2c3c1O[C@H]1C[C@H]([O-])C=C[C@@]31CC[N+](C)=C2. The lowest BCUT2D eigenvalue weighted by Crippen LogP contribution is -2.45. The Labute approximate surface area is 146 Å². The predicted octanol–water partition coefficient (Wildman–Crippen LogP) is 1.01. The van der Waals surface area contributed by atoms with E-state index >= 15 is 0 Å². The van der Waals surface area contributed by atoms with Crippen LogP contribution in [0.3, 0.4) is 0 Å². The van der Waals surface area contributed by atoms with Crippen LogP contribution in [0.5, 0.6) is 11.5 Å². The lowest BCUT2D eigenvalue weighted by atomic mass is 9.69. The zero-order chi connectivity index (χ0) is 15.5. The highest BCUT2D eigenvalue weighted by Gasteiger charge is 2.52. The van der Waals surface area contributed by atoms with Gasteiger partial charge in [-0.1, -0.05) is 6.08 Å². The van der Waals surface area contributed by atoms with Gasteiger partial charge in [0.15, 0.2) is 17.7 Å². The van der Waals surface area contributed by atoms with Gasteiger partial charge in [0.2, 0.25) is 0 Å². The Hall–Kier alpha value is -1.53. The molecule has 2 heterocycles. The first-order valence-electron chi connectivity index (χ1n) is 7.63. The van der Waals surface area contributed by atoms with Crippen molar-refractivity contribution in [3.8, 4) is 11.5 Å². The molecule has 0 unspecified atom stereocenters. The van der Waals surface area contributed by atoms with E-state index in [0.29, 0.717) is 17.9 Å². The fourth-order valence-corrected chi connectivity index (χ4v) is 3.99. The maximum atomic E-state index is 11.9. The third kappa shape index (κ3) is 2.19. The van der Waals surface area contributed by atoms with Gasteiger partial charge in [0.05, 0.1) is 18.1 Å². The topological polar surface area (TPSA) is 70.6 Å². The molecular formula is C17H21BrN2O3. The van der Waals surface area contributed by atoms with Crippen molar-refractivity contribution in [2.75, 3.05) is 26.4 Å². The van der Waals surface area contributed by atoms with Crippen molar-refractivity contribution in [1.29, 1.82) is 0 Å². The second-order valence-corrected chi connectivity index (χ2v) is 6.43. The summed E-state index contributed by atoms with van der Waals surface area (Å²) in [5, 5.41) is 11.9. The number of nitrogen functional groups attached to an aromatic ring is 1. The molecule has 0 saturated heterocycles. The largest absolute Gasteiger partial charge is 0.849 e. The third-order valence-electron chi connectivity index (χ3n) is 5.12. The molecule has 0 radical (unpaired) electrons. The smallest absolute Gasteiger partial charge is 0.173 e. The molecular weight excluding hydrogens is 360 g/mol. The molecule has 124 valence electrons. The van der Waals surface area contributed by atoms with Crippen LogP contribution in [0.1, 0.15) is 24.0 Å². The van der Waals surface area contributed by atoms with Crippen LogP contribution in [-0.4, -0.2) is 43.7 Å². The Kier molecular flexibility index (Phi) is 3.92. The Morgan fingerprint density at radius 1 is 1.48 bits per heavy atom. The molecule has 3 atom stereocenters. The summed E-state index contributed by atoms with van der Waals surface area (Å²) >= 11 is 0. The molecule has 4 rings (SSSR count). The van der Waals surface area contributed by atoms with Crippen molar-refractivity contribution in [3.05, 3.63) is 29.3 Å². The minimum absolute atomic E-state index is 0. The fourth-order valence-electron chi connectivity index (χ4n) is 3.99. The lowest BCUT2D eigenvalue weighted by Gasteiger charge is -2.38. The first-order valence-corrected chi connectivity index (χ1v) is 7.63. The van der Waals surface area contributed by atoms with Gasteiger partial charge in [0.25, 0.3) is 0 Å². The van der Waals surface area contributed by atoms with Crippen LogP contribution >= 0.6 is 17.0 Å². The van der Waals surface area contributed by atoms with Crippen LogP contribution < -0.4 is 20.3 Å². The quantitative estimate of drug-likeness (QED) is 0.448. The summed E-state index contributed by atoms with van der Waals surface area (Å²) in [4.78, 5) is 0. The predicted molar refractivity (Wildman–Crippen MR) is 92.2 cm³/mol. The molecule has 3 aliphatic rings. The number of anilines is 1. The summed E-state index contributed by atoms with van der Waals surface area (Å²) in [6, 6.07) is 1.81. The zero-order valence-corrected chi connectivity index (χ0v) is 15.0. The summed E-state index contributed by atoms with van der Waals surface area (Å²) in [5.41, 5.74) is 8.77. The molecule has 0 fully saturated rings. The number of nitrogens with two attached hydrogens (primary N) is 1. The van der Waals surface area contributed by atoms with Crippen LogP contribution in [0, 0.1) is 0 Å². The van der Waals surface area contributed by atoms with Crippen molar-refractivity contribution >= 4 is 28.9 Å². The Morgan fingerprint density at radius 3 is 3.00 bits per heavy atom. The summed E-state index contributed by atoms with van der Waals surface area (Å²) in [5.74, 6) is 1.40. The van der Waals surface area contributed by atoms with E-state index in [0.717, 1.165) is 29.8 Å². The molecule has 0 aromatic heterocycles. The van der Waals surface area contributed by atoms with Gasteiger partial charge in [-0.2, -0.15) is 0 Å².